The fraction of sp³-hybridized carbons (Fsp3) is 0.125. The number of hydrogen-bond donors (Lipinski definition) is 4. The number of hydrogen-bond acceptors (Lipinski definition) is 4. The van der Waals surface area contributed by atoms with Crippen LogP contribution in [0.2, 0.25) is 0 Å². The summed E-state index contributed by atoms with van der Waals surface area (Å²) >= 11 is 0. The average Bonchev–Trinajstić information content (AvgIpc) is 2.54. The molecule has 2 rings (SSSR count). The van der Waals surface area contributed by atoms with E-state index >= 15 is 0 Å². The molecule has 0 heterocycles. The van der Waals surface area contributed by atoms with Gasteiger partial charge in [0.2, 0.25) is 0 Å². The standard InChI is InChI=1S/C8H5FO4.C8H9FO2/c9-5-3-1-2-4(7(10)11)6(5)8(12)13;9-8-3-1-2-6(4-10)7(8)5-11/h1-3H,(H,10,11)(H,12,13);1-3,10-11H,4-5H2. The number of carboxylic acid groups (broad SMARTS) is 2. The van der Waals surface area contributed by atoms with Crippen LogP contribution in [-0.2, 0) is 13.2 Å². The van der Waals surface area contributed by atoms with Crippen LogP contribution in [0.5, 0.6) is 0 Å². The van der Waals surface area contributed by atoms with Crippen LogP contribution in [0.25, 0.3) is 0 Å². The number of benzene rings is 2. The minimum absolute atomic E-state index is 0.176. The van der Waals surface area contributed by atoms with Gasteiger partial charge < -0.3 is 20.4 Å². The zero-order chi connectivity index (χ0) is 18.3. The van der Waals surface area contributed by atoms with Crippen molar-refractivity contribution in [1.29, 1.82) is 0 Å². The van der Waals surface area contributed by atoms with Gasteiger partial charge in [-0.2, -0.15) is 0 Å². The molecule has 0 spiro atoms. The summed E-state index contributed by atoms with van der Waals surface area (Å²) in [6, 6.07) is 7.41. The topological polar surface area (TPSA) is 115 Å². The summed E-state index contributed by atoms with van der Waals surface area (Å²) in [5.41, 5.74) is -0.745. The van der Waals surface area contributed by atoms with Gasteiger partial charge in [0.1, 0.15) is 17.2 Å². The summed E-state index contributed by atoms with van der Waals surface area (Å²) in [6.07, 6.45) is 0. The van der Waals surface area contributed by atoms with Gasteiger partial charge in [0.25, 0.3) is 0 Å². The summed E-state index contributed by atoms with van der Waals surface area (Å²) in [4.78, 5) is 20.9. The molecule has 2 aromatic carbocycles. The maximum atomic E-state index is 12.8. The van der Waals surface area contributed by atoms with Crippen LogP contribution < -0.4 is 0 Å². The quantitative estimate of drug-likeness (QED) is 0.677. The number of halogens is 2. The van der Waals surface area contributed by atoms with E-state index in [1.807, 2.05) is 0 Å². The lowest BCUT2D eigenvalue weighted by molar-refractivity contribution is 0.0647. The van der Waals surface area contributed by atoms with Crippen molar-refractivity contribution in [2.75, 3.05) is 0 Å². The third-order valence-electron chi connectivity index (χ3n) is 3.00. The highest BCUT2D eigenvalue weighted by atomic mass is 19.1. The number of aliphatic hydroxyl groups excluding tert-OH is 2. The van der Waals surface area contributed by atoms with E-state index in [-0.39, 0.29) is 18.8 Å². The van der Waals surface area contributed by atoms with Gasteiger partial charge in [-0.3, -0.25) is 0 Å². The van der Waals surface area contributed by atoms with E-state index in [0.29, 0.717) is 5.56 Å². The number of aliphatic hydroxyl groups is 2. The highest BCUT2D eigenvalue weighted by Gasteiger charge is 2.19. The van der Waals surface area contributed by atoms with Crippen LogP contribution in [0, 0.1) is 11.6 Å². The molecule has 4 N–H and O–H groups in total. The molecule has 0 bridgehead atoms. The summed E-state index contributed by atoms with van der Waals surface area (Å²) in [5.74, 6) is -4.57. The third kappa shape index (κ3) is 4.58. The molecule has 0 atom stereocenters. The van der Waals surface area contributed by atoms with Crippen LogP contribution in [0.15, 0.2) is 36.4 Å². The molecule has 0 aromatic heterocycles. The van der Waals surface area contributed by atoms with Crippen molar-refractivity contribution in [2.24, 2.45) is 0 Å². The molecule has 0 radical (unpaired) electrons. The first-order valence-electron chi connectivity index (χ1n) is 6.56. The fourth-order valence-electron chi connectivity index (χ4n) is 1.85. The molecule has 0 aliphatic carbocycles. The number of carboxylic acids is 2. The lowest BCUT2D eigenvalue weighted by Crippen LogP contribution is -2.10. The van der Waals surface area contributed by atoms with Gasteiger partial charge in [0.05, 0.1) is 18.8 Å². The van der Waals surface area contributed by atoms with Gasteiger partial charge in [0.15, 0.2) is 0 Å². The van der Waals surface area contributed by atoms with E-state index < -0.39 is 34.7 Å². The second kappa shape index (κ2) is 8.70. The van der Waals surface area contributed by atoms with E-state index in [2.05, 4.69) is 0 Å². The Morgan fingerprint density at radius 2 is 1.42 bits per heavy atom. The van der Waals surface area contributed by atoms with Gasteiger partial charge >= 0.3 is 11.9 Å². The highest BCUT2D eigenvalue weighted by molar-refractivity contribution is 6.01. The minimum atomic E-state index is -1.59. The monoisotopic (exact) mass is 340 g/mol. The molecule has 0 aliphatic heterocycles. The molecule has 0 fully saturated rings. The predicted octanol–water partition coefficient (Wildman–Crippen LogP) is 2.03. The zero-order valence-electron chi connectivity index (χ0n) is 12.2. The Morgan fingerprint density at radius 3 is 1.83 bits per heavy atom. The molecular weight excluding hydrogens is 326 g/mol. The summed E-state index contributed by atoms with van der Waals surface area (Å²) in [6.45, 7) is -0.615. The van der Waals surface area contributed by atoms with Crippen molar-refractivity contribution in [1.82, 2.24) is 0 Å². The minimum Gasteiger partial charge on any atom is -0.478 e. The first kappa shape index (κ1) is 19.2. The smallest absolute Gasteiger partial charge is 0.339 e. The Kier molecular flexibility index (Phi) is 6.97. The first-order valence-corrected chi connectivity index (χ1v) is 6.56. The van der Waals surface area contributed by atoms with Crippen molar-refractivity contribution < 1.29 is 38.8 Å². The second-order valence-corrected chi connectivity index (χ2v) is 4.47. The molecule has 24 heavy (non-hydrogen) atoms. The van der Waals surface area contributed by atoms with Gasteiger partial charge in [-0.1, -0.05) is 18.2 Å². The summed E-state index contributed by atoms with van der Waals surface area (Å²) in [5, 5.41) is 34.4. The third-order valence-corrected chi connectivity index (χ3v) is 3.00. The largest absolute Gasteiger partial charge is 0.478 e. The summed E-state index contributed by atoms with van der Waals surface area (Å²) in [7, 11) is 0. The van der Waals surface area contributed by atoms with Crippen LogP contribution in [0.1, 0.15) is 31.8 Å². The molecular formula is C16H14F2O6. The van der Waals surface area contributed by atoms with Gasteiger partial charge in [-0.05, 0) is 23.8 Å². The Morgan fingerprint density at radius 1 is 0.833 bits per heavy atom. The molecule has 0 aliphatic rings. The van der Waals surface area contributed by atoms with Gasteiger partial charge in [0, 0.05) is 5.56 Å². The molecule has 2 aromatic rings. The van der Waals surface area contributed by atoms with Crippen molar-refractivity contribution in [3.05, 3.63) is 70.3 Å². The van der Waals surface area contributed by atoms with Crippen molar-refractivity contribution >= 4 is 11.9 Å². The fourth-order valence-corrected chi connectivity index (χ4v) is 1.85. The van der Waals surface area contributed by atoms with E-state index in [1.165, 1.54) is 12.1 Å². The van der Waals surface area contributed by atoms with Gasteiger partial charge in [-0.25, -0.2) is 18.4 Å². The molecule has 0 unspecified atom stereocenters. The highest BCUT2D eigenvalue weighted by Crippen LogP contribution is 2.14. The van der Waals surface area contributed by atoms with E-state index in [0.717, 1.165) is 18.2 Å². The van der Waals surface area contributed by atoms with Crippen LogP contribution in [0.4, 0.5) is 8.78 Å². The molecule has 0 saturated carbocycles. The van der Waals surface area contributed by atoms with E-state index in [1.54, 1.807) is 6.07 Å². The lowest BCUT2D eigenvalue weighted by Gasteiger charge is -2.03. The average molecular weight is 340 g/mol. The van der Waals surface area contributed by atoms with E-state index in [4.69, 9.17) is 20.4 Å². The maximum Gasteiger partial charge on any atom is 0.339 e. The SMILES string of the molecule is O=C(O)c1cccc(F)c1C(=O)O.OCc1cccc(F)c1CO. The molecule has 128 valence electrons. The Labute approximate surface area is 135 Å². The lowest BCUT2D eigenvalue weighted by atomic mass is 10.1. The van der Waals surface area contributed by atoms with Crippen molar-refractivity contribution in [3.63, 3.8) is 0 Å². The number of aromatic carboxylic acids is 2. The summed E-state index contributed by atoms with van der Waals surface area (Å²) < 4.78 is 25.6. The van der Waals surface area contributed by atoms with E-state index in [9.17, 15) is 18.4 Å². The Hall–Kier alpha value is -2.84. The molecule has 0 saturated heterocycles. The van der Waals surface area contributed by atoms with Gasteiger partial charge in [-0.15, -0.1) is 0 Å². The van der Waals surface area contributed by atoms with Crippen molar-refractivity contribution in [3.8, 4) is 0 Å². The van der Waals surface area contributed by atoms with Crippen molar-refractivity contribution in [2.45, 2.75) is 13.2 Å². The van der Waals surface area contributed by atoms with Crippen LogP contribution in [0.3, 0.4) is 0 Å². The van der Waals surface area contributed by atoms with Crippen LogP contribution >= 0.6 is 0 Å². The maximum absolute atomic E-state index is 12.8. The zero-order valence-corrected chi connectivity index (χ0v) is 12.2. The molecule has 0 amide bonds. The molecule has 8 heteroatoms. The number of rotatable bonds is 4. The first-order chi connectivity index (χ1) is 11.3. The van der Waals surface area contributed by atoms with Crippen LogP contribution in [-0.4, -0.2) is 32.4 Å². The second-order valence-electron chi connectivity index (χ2n) is 4.47. The Balaban J connectivity index is 0.000000243. The predicted molar refractivity (Wildman–Crippen MR) is 78.6 cm³/mol. The normalized spacial score (nSPS) is 9.83. The number of carbonyl (C=O) groups is 2. The molecule has 6 nitrogen and oxygen atoms in total. The Bertz CT molecular complexity index is 745.